The topological polar surface area (TPSA) is 47.6 Å². The van der Waals surface area contributed by atoms with Crippen LogP contribution in [0.25, 0.3) is 0 Å². The number of methoxy groups -OCH3 is 2. The molecule has 0 atom stereocenters. The van der Waals surface area contributed by atoms with Crippen molar-refractivity contribution in [2.45, 2.75) is 17.2 Å². The summed E-state index contributed by atoms with van der Waals surface area (Å²) in [6.07, 6.45) is 0. The van der Waals surface area contributed by atoms with Crippen molar-refractivity contribution in [1.82, 2.24) is 5.32 Å². The Morgan fingerprint density at radius 1 is 0.857 bits per heavy atom. The first-order chi connectivity index (χ1) is 13.7. The third kappa shape index (κ3) is 5.30. The van der Waals surface area contributed by atoms with Crippen LogP contribution in [0.1, 0.15) is 21.5 Å². The van der Waals surface area contributed by atoms with Crippen molar-refractivity contribution in [3.05, 3.63) is 89.5 Å². The van der Waals surface area contributed by atoms with Gasteiger partial charge in [0.15, 0.2) is 11.5 Å². The third-order valence-electron chi connectivity index (χ3n) is 4.27. The van der Waals surface area contributed by atoms with Gasteiger partial charge in [0.2, 0.25) is 0 Å². The highest BCUT2D eigenvalue weighted by molar-refractivity contribution is 7.98. The number of benzene rings is 3. The van der Waals surface area contributed by atoms with Crippen LogP contribution in [-0.4, -0.2) is 20.1 Å². The van der Waals surface area contributed by atoms with E-state index < -0.39 is 0 Å². The van der Waals surface area contributed by atoms with E-state index in [1.54, 1.807) is 26.0 Å². The molecule has 0 fully saturated rings. The molecule has 5 heteroatoms. The Hall–Kier alpha value is -2.92. The summed E-state index contributed by atoms with van der Waals surface area (Å²) < 4.78 is 10.5. The van der Waals surface area contributed by atoms with Gasteiger partial charge in [-0.15, -0.1) is 11.8 Å². The van der Waals surface area contributed by atoms with Crippen LogP contribution < -0.4 is 14.8 Å². The number of hydrogen-bond acceptors (Lipinski definition) is 4. The molecule has 0 aliphatic rings. The fraction of sp³-hybridized carbons (Fsp3) is 0.174. The standard InChI is InChI=1S/C23H23NO3S/c1-26-21-13-10-18(14-22(21)27-2)15-24-23(25)19-11-8-17(9-12-19)16-28-20-6-4-3-5-7-20/h3-14H,15-16H2,1-2H3,(H,24,25). The number of amides is 1. The smallest absolute Gasteiger partial charge is 0.251 e. The van der Waals surface area contributed by atoms with E-state index >= 15 is 0 Å². The average molecular weight is 394 g/mol. The SMILES string of the molecule is COc1ccc(CNC(=O)c2ccc(CSc3ccccc3)cc2)cc1OC. The van der Waals surface area contributed by atoms with Crippen LogP contribution in [0.2, 0.25) is 0 Å². The molecule has 0 spiro atoms. The van der Waals surface area contributed by atoms with Crippen molar-refractivity contribution < 1.29 is 14.3 Å². The molecule has 28 heavy (non-hydrogen) atoms. The van der Waals surface area contributed by atoms with Gasteiger partial charge in [-0.3, -0.25) is 4.79 Å². The minimum absolute atomic E-state index is 0.1000. The highest BCUT2D eigenvalue weighted by atomic mass is 32.2. The van der Waals surface area contributed by atoms with Crippen LogP contribution in [0, 0.1) is 0 Å². The van der Waals surface area contributed by atoms with Crippen LogP contribution in [-0.2, 0) is 12.3 Å². The molecule has 1 amide bonds. The number of nitrogens with one attached hydrogen (secondary N) is 1. The van der Waals surface area contributed by atoms with E-state index in [4.69, 9.17) is 9.47 Å². The molecule has 3 aromatic carbocycles. The van der Waals surface area contributed by atoms with Gasteiger partial charge in [0.05, 0.1) is 14.2 Å². The van der Waals surface area contributed by atoms with E-state index in [0.717, 1.165) is 11.3 Å². The van der Waals surface area contributed by atoms with Crippen LogP contribution in [0.4, 0.5) is 0 Å². The van der Waals surface area contributed by atoms with E-state index in [2.05, 4.69) is 17.4 Å². The molecule has 3 aromatic rings. The van der Waals surface area contributed by atoms with E-state index in [1.165, 1.54) is 10.5 Å². The first-order valence-electron chi connectivity index (χ1n) is 8.95. The van der Waals surface area contributed by atoms with E-state index in [1.807, 2.05) is 60.7 Å². The Kier molecular flexibility index (Phi) is 6.98. The van der Waals surface area contributed by atoms with E-state index in [9.17, 15) is 4.79 Å². The highest BCUT2D eigenvalue weighted by Crippen LogP contribution is 2.27. The molecule has 0 heterocycles. The Morgan fingerprint density at radius 3 is 2.21 bits per heavy atom. The fourth-order valence-corrected chi connectivity index (χ4v) is 3.59. The number of carbonyl (C=O) groups excluding carboxylic acids is 1. The third-order valence-corrected chi connectivity index (χ3v) is 5.35. The van der Waals surface area contributed by atoms with Gasteiger partial charge >= 0.3 is 0 Å². The lowest BCUT2D eigenvalue weighted by molar-refractivity contribution is 0.0951. The minimum atomic E-state index is -0.1000. The van der Waals surface area contributed by atoms with Gasteiger partial charge in [-0.1, -0.05) is 36.4 Å². The second-order valence-electron chi connectivity index (χ2n) is 6.17. The van der Waals surface area contributed by atoms with Crippen molar-refractivity contribution in [3.8, 4) is 11.5 Å². The Bertz CT molecular complexity index is 911. The largest absolute Gasteiger partial charge is 0.493 e. The number of thioether (sulfide) groups is 1. The molecule has 0 saturated carbocycles. The molecule has 0 bridgehead atoms. The summed E-state index contributed by atoms with van der Waals surface area (Å²) in [5.41, 5.74) is 2.78. The van der Waals surface area contributed by atoms with Gasteiger partial charge in [0, 0.05) is 22.8 Å². The number of rotatable bonds is 8. The van der Waals surface area contributed by atoms with Crippen LogP contribution in [0.15, 0.2) is 77.7 Å². The summed E-state index contributed by atoms with van der Waals surface area (Å²) in [5, 5.41) is 2.94. The maximum atomic E-state index is 12.4. The van der Waals surface area contributed by atoms with Crippen molar-refractivity contribution in [3.63, 3.8) is 0 Å². The Labute approximate surface area is 169 Å². The Morgan fingerprint density at radius 2 is 1.54 bits per heavy atom. The van der Waals surface area contributed by atoms with Gasteiger partial charge < -0.3 is 14.8 Å². The van der Waals surface area contributed by atoms with Crippen molar-refractivity contribution in [2.24, 2.45) is 0 Å². The quantitative estimate of drug-likeness (QED) is 0.552. The number of hydrogen-bond donors (Lipinski definition) is 1. The second-order valence-corrected chi connectivity index (χ2v) is 7.22. The Balaban J connectivity index is 1.54. The van der Waals surface area contributed by atoms with Gasteiger partial charge in [0.1, 0.15) is 0 Å². The molecule has 1 N–H and O–H groups in total. The maximum Gasteiger partial charge on any atom is 0.251 e. The summed E-state index contributed by atoms with van der Waals surface area (Å²) in [5.74, 6) is 2.09. The molecule has 0 radical (unpaired) electrons. The highest BCUT2D eigenvalue weighted by Gasteiger charge is 2.08. The molecule has 3 rings (SSSR count). The zero-order valence-corrected chi connectivity index (χ0v) is 16.8. The molecule has 4 nitrogen and oxygen atoms in total. The lowest BCUT2D eigenvalue weighted by Crippen LogP contribution is -2.22. The van der Waals surface area contributed by atoms with Crippen molar-refractivity contribution >= 4 is 17.7 Å². The van der Waals surface area contributed by atoms with E-state index in [-0.39, 0.29) is 5.91 Å². The molecular weight excluding hydrogens is 370 g/mol. The first-order valence-corrected chi connectivity index (χ1v) is 9.94. The summed E-state index contributed by atoms with van der Waals surface area (Å²) >= 11 is 1.78. The predicted molar refractivity (Wildman–Crippen MR) is 113 cm³/mol. The molecule has 0 aromatic heterocycles. The van der Waals surface area contributed by atoms with Crippen LogP contribution in [0.5, 0.6) is 11.5 Å². The molecule has 0 unspecified atom stereocenters. The monoisotopic (exact) mass is 393 g/mol. The van der Waals surface area contributed by atoms with Crippen LogP contribution >= 0.6 is 11.8 Å². The van der Waals surface area contributed by atoms with Crippen molar-refractivity contribution in [1.29, 1.82) is 0 Å². The molecule has 0 aliphatic carbocycles. The fourth-order valence-electron chi connectivity index (χ4n) is 2.71. The van der Waals surface area contributed by atoms with Gasteiger partial charge in [0.25, 0.3) is 5.91 Å². The van der Waals surface area contributed by atoms with Gasteiger partial charge in [-0.05, 0) is 47.5 Å². The summed E-state index contributed by atoms with van der Waals surface area (Å²) in [7, 11) is 3.19. The zero-order chi connectivity index (χ0) is 19.8. The molecule has 144 valence electrons. The van der Waals surface area contributed by atoms with Crippen LogP contribution in [0.3, 0.4) is 0 Å². The predicted octanol–water partition coefficient (Wildman–Crippen LogP) is 4.93. The summed E-state index contributed by atoms with van der Waals surface area (Å²) in [6, 6.07) is 23.6. The minimum Gasteiger partial charge on any atom is -0.493 e. The zero-order valence-electron chi connectivity index (χ0n) is 16.0. The molecule has 0 aliphatic heterocycles. The number of carbonyl (C=O) groups is 1. The summed E-state index contributed by atoms with van der Waals surface area (Å²) in [6.45, 7) is 0.421. The van der Waals surface area contributed by atoms with Crippen molar-refractivity contribution in [2.75, 3.05) is 14.2 Å². The molecular formula is C23H23NO3S. The molecule has 0 saturated heterocycles. The maximum absolute atomic E-state index is 12.4. The average Bonchev–Trinajstić information content (AvgIpc) is 2.76. The second kappa shape index (κ2) is 9.85. The van der Waals surface area contributed by atoms with E-state index in [0.29, 0.717) is 23.6 Å². The normalized spacial score (nSPS) is 10.4. The van der Waals surface area contributed by atoms with Gasteiger partial charge in [-0.25, -0.2) is 0 Å². The summed E-state index contributed by atoms with van der Waals surface area (Å²) in [4.78, 5) is 13.6. The lowest BCUT2D eigenvalue weighted by atomic mass is 10.1. The number of ether oxygens (including phenoxy) is 2. The first kappa shape index (κ1) is 19.8. The van der Waals surface area contributed by atoms with Gasteiger partial charge in [-0.2, -0.15) is 0 Å². The lowest BCUT2D eigenvalue weighted by Gasteiger charge is -2.10.